The van der Waals surface area contributed by atoms with Crippen LogP contribution in [0.15, 0.2) is 18.2 Å². The van der Waals surface area contributed by atoms with Crippen molar-refractivity contribution in [3.05, 3.63) is 35.4 Å². The predicted molar refractivity (Wildman–Crippen MR) is 62.2 cm³/mol. The molecule has 0 saturated heterocycles. The van der Waals surface area contributed by atoms with Crippen molar-refractivity contribution in [3.8, 4) is 0 Å². The van der Waals surface area contributed by atoms with Crippen LogP contribution in [0.2, 0.25) is 0 Å². The maximum atomic E-state index is 13.7. The van der Waals surface area contributed by atoms with Gasteiger partial charge in [-0.3, -0.25) is 0 Å². The molecule has 1 atom stereocenters. The molecule has 0 bridgehead atoms. The molecule has 0 spiro atoms. The van der Waals surface area contributed by atoms with Crippen LogP contribution in [0.1, 0.15) is 38.8 Å². The summed E-state index contributed by atoms with van der Waals surface area (Å²) < 4.78 is 27.3. The molecule has 0 aromatic heterocycles. The van der Waals surface area contributed by atoms with E-state index in [1.165, 1.54) is 18.2 Å². The Kier molecular flexibility index (Phi) is 4.03. The number of hydrogen-bond donors (Lipinski definition) is 1. The Hall–Kier alpha value is -0.960. The van der Waals surface area contributed by atoms with E-state index in [1.807, 2.05) is 20.8 Å². The van der Waals surface area contributed by atoms with E-state index in [1.54, 1.807) is 7.05 Å². The number of hydrogen-bond acceptors (Lipinski definition) is 1. The molecule has 1 aromatic carbocycles. The molecule has 1 rings (SSSR count). The zero-order valence-electron chi connectivity index (χ0n) is 10.3. The van der Waals surface area contributed by atoms with Crippen molar-refractivity contribution in [2.75, 3.05) is 7.05 Å². The van der Waals surface area contributed by atoms with Crippen molar-refractivity contribution in [1.29, 1.82) is 0 Å². The molecule has 0 aliphatic carbocycles. The number of nitrogens with one attached hydrogen (secondary N) is 1. The van der Waals surface area contributed by atoms with Gasteiger partial charge in [-0.1, -0.05) is 26.8 Å². The average molecular weight is 227 g/mol. The summed E-state index contributed by atoms with van der Waals surface area (Å²) in [5.41, 5.74) is -0.0607. The van der Waals surface area contributed by atoms with Gasteiger partial charge in [0.15, 0.2) is 0 Å². The largest absolute Gasteiger partial charge is 0.312 e. The van der Waals surface area contributed by atoms with Crippen LogP contribution in [-0.2, 0) is 0 Å². The Morgan fingerprint density at radius 2 is 1.75 bits per heavy atom. The van der Waals surface area contributed by atoms with Crippen LogP contribution < -0.4 is 5.32 Å². The van der Waals surface area contributed by atoms with Gasteiger partial charge in [0, 0.05) is 11.6 Å². The minimum absolute atomic E-state index is 0.136. The topological polar surface area (TPSA) is 12.0 Å². The number of rotatable bonds is 4. The maximum absolute atomic E-state index is 13.7. The SMILES string of the molecule is CCC(C)(C)C(NC)c1c(F)cccc1F. The Bertz CT molecular complexity index is 341. The summed E-state index contributed by atoms with van der Waals surface area (Å²) in [6, 6.07) is 3.67. The van der Waals surface area contributed by atoms with Gasteiger partial charge in [0.25, 0.3) is 0 Å². The van der Waals surface area contributed by atoms with E-state index in [-0.39, 0.29) is 17.0 Å². The first kappa shape index (κ1) is 13.1. The van der Waals surface area contributed by atoms with Gasteiger partial charge in [-0.25, -0.2) is 8.78 Å². The monoisotopic (exact) mass is 227 g/mol. The van der Waals surface area contributed by atoms with E-state index in [0.29, 0.717) is 0 Å². The van der Waals surface area contributed by atoms with Gasteiger partial charge in [0.2, 0.25) is 0 Å². The second-order valence-electron chi connectivity index (χ2n) is 4.70. The van der Waals surface area contributed by atoms with E-state index in [4.69, 9.17) is 0 Å². The third kappa shape index (κ3) is 2.40. The molecule has 16 heavy (non-hydrogen) atoms. The van der Waals surface area contributed by atoms with Gasteiger partial charge in [0.1, 0.15) is 11.6 Å². The summed E-state index contributed by atoms with van der Waals surface area (Å²) >= 11 is 0. The molecule has 1 unspecified atom stereocenters. The number of halogens is 2. The lowest BCUT2D eigenvalue weighted by atomic mass is 9.78. The van der Waals surface area contributed by atoms with Crippen LogP contribution in [0.5, 0.6) is 0 Å². The van der Waals surface area contributed by atoms with Gasteiger partial charge >= 0.3 is 0 Å². The minimum Gasteiger partial charge on any atom is -0.312 e. The highest BCUT2D eigenvalue weighted by molar-refractivity contribution is 5.25. The lowest BCUT2D eigenvalue weighted by Gasteiger charge is -2.34. The fraction of sp³-hybridized carbons (Fsp3) is 0.538. The summed E-state index contributed by atoms with van der Waals surface area (Å²) in [5, 5.41) is 3.01. The fourth-order valence-electron chi connectivity index (χ4n) is 1.92. The van der Waals surface area contributed by atoms with Crippen molar-refractivity contribution in [3.63, 3.8) is 0 Å². The smallest absolute Gasteiger partial charge is 0.130 e. The molecule has 0 radical (unpaired) electrons. The van der Waals surface area contributed by atoms with Crippen LogP contribution in [-0.4, -0.2) is 7.05 Å². The van der Waals surface area contributed by atoms with Gasteiger partial charge in [0.05, 0.1) is 0 Å². The van der Waals surface area contributed by atoms with E-state index >= 15 is 0 Å². The van der Waals surface area contributed by atoms with Gasteiger partial charge in [-0.05, 0) is 31.0 Å². The average Bonchev–Trinajstić information content (AvgIpc) is 2.23. The molecule has 90 valence electrons. The van der Waals surface area contributed by atoms with Crippen molar-refractivity contribution in [2.45, 2.75) is 33.2 Å². The Balaban J connectivity index is 3.24. The Morgan fingerprint density at radius 1 is 1.25 bits per heavy atom. The lowest BCUT2D eigenvalue weighted by molar-refractivity contribution is 0.234. The van der Waals surface area contributed by atoms with E-state index < -0.39 is 11.6 Å². The second-order valence-corrected chi connectivity index (χ2v) is 4.70. The van der Waals surface area contributed by atoms with E-state index in [0.717, 1.165) is 6.42 Å². The molecule has 0 fully saturated rings. The van der Waals surface area contributed by atoms with Gasteiger partial charge < -0.3 is 5.32 Å². The molecule has 0 amide bonds. The van der Waals surface area contributed by atoms with Crippen molar-refractivity contribution < 1.29 is 8.78 Å². The van der Waals surface area contributed by atoms with Crippen molar-refractivity contribution >= 4 is 0 Å². The quantitative estimate of drug-likeness (QED) is 0.827. The van der Waals surface area contributed by atoms with Crippen LogP contribution >= 0.6 is 0 Å². The molecule has 0 saturated carbocycles. The lowest BCUT2D eigenvalue weighted by Crippen LogP contribution is -2.33. The Morgan fingerprint density at radius 3 is 2.12 bits per heavy atom. The van der Waals surface area contributed by atoms with Crippen LogP contribution in [0.3, 0.4) is 0 Å². The molecule has 1 N–H and O–H groups in total. The van der Waals surface area contributed by atoms with Crippen LogP contribution in [0.25, 0.3) is 0 Å². The molecule has 3 heteroatoms. The fourth-order valence-corrected chi connectivity index (χ4v) is 1.92. The van der Waals surface area contributed by atoms with Crippen molar-refractivity contribution in [2.24, 2.45) is 5.41 Å². The normalized spacial score (nSPS) is 13.9. The minimum atomic E-state index is -0.485. The third-order valence-electron chi connectivity index (χ3n) is 3.27. The maximum Gasteiger partial charge on any atom is 0.130 e. The van der Waals surface area contributed by atoms with Crippen LogP contribution in [0.4, 0.5) is 8.78 Å². The zero-order valence-corrected chi connectivity index (χ0v) is 10.3. The summed E-state index contributed by atoms with van der Waals surface area (Å²) in [7, 11) is 1.73. The Labute approximate surface area is 95.9 Å². The zero-order chi connectivity index (χ0) is 12.3. The third-order valence-corrected chi connectivity index (χ3v) is 3.27. The molecule has 1 aromatic rings. The standard InChI is InChI=1S/C13H19F2N/c1-5-13(2,3)12(16-4)11-9(14)7-6-8-10(11)15/h6-8,12,16H,5H2,1-4H3. The van der Waals surface area contributed by atoms with E-state index in [2.05, 4.69) is 5.32 Å². The van der Waals surface area contributed by atoms with Crippen LogP contribution in [0, 0.1) is 17.0 Å². The first-order chi connectivity index (χ1) is 7.44. The molecule has 1 nitrogen and oxygen atoms in total. The highest BCUT2D eigenvalue weighted by Crippen LogP contribution is 2.37. The molecule has 0 aliphatic rings. The highest BCUT2D eigenvalue weighted by atomic mass is 19.1. The summed E-state index contributed by atoms with van der Waals surface area (Å²) in [6.45, 7) is 6.02. The summed E-state index contributed by atoms with van der Waals surface area (Å²) in [6.07, 6.45) is 0.840. The summed E-state index contributed by atoms with van der Waals surface area (Å²) in [4.78, 5) is 0. The summed E-state index contributed by atoms with van der Waals surface area (Å²) in [5.74, 6) is -0.971. The van der Waals surface area contributed by atoms with E-state index in [9.17, 15) is 8.78 Å². The highest BCUT2D eigenvalue weighted by Gasteiger charge is 2.31. The predicted octanol–water partition coefficient (Wildman–Crippen LogP) is 3.66. The molecule has 0 aliphatic heterocycles. The van der Waals surface area contributed by atoms with Gasteiger partial charge in [-0.2, -0.15) is 0 Å². The second kappa shape index (κ2) is 4.91. The molecule has 0 heterocycles. The molecular formula is C13H19F2N. The first-order valence-electron chi connectivity index (χ1n) is 5.55. The first-order valence-corrected chi connectivity index (χ1v) is 5.55. The van der Waals surface area contributed by atoms with Crippen molar-refractivity contribution in [1.82, 2.24) is 5.32 Å². The van der Waals surface area contributed by atoms with Gasteiger partial charge in [-0.15, -0.1) is 0 Å². The number of benzene rings is 1. The molecular weight excluding hydrogens is 208 g/mol.